The van der Waals surface area contributed by atoms with E-state index in [1.54, 1.807) is 0 Å². The number of rotatable bonds is 4. The van der Waals surface area contributed by atoms with Gasteiger partial charge in [-0.05, 0) is 19.4 Å². The molecule has 0 radical (unpaired) electrons. The molecule has 6 heteroatoms. The summed E-state index contributed by atoms with van der Waals surface area (Å²) in [4.78, 5) is 22.5. The molecule has 1 fully saturated rings. The Labute approximate surface area is 81.6 Å². The number of ketones is 1. The Morgan fingerprint density at radius 3 is 2.57 bits per heavy atom. The molecule has 1 rings (SSSR count). The molecule has 0 aromatic carbocycles. The molecule has 0 spiro atoms. The summed E-state index contributed by atoms with van der Waals surface area (Å²) in [7, 11) is 0. The standard InChI is InChI=1S/C8H15N3O3/c9-4-8(10,7(13)14)6(12)5-2-1-3-11-5/h5,11H,1-4,9-10H2,(H,13,14)/t5-,8?/m0/s1. The minimum atomic E-state index is -1.94. The van der Waals surface area contributed by atoms with Crippen LogP contribution in [0.25, 0.3) is 0 Å². The van der Waals surface area contributed by atoms with Crippen molar-refractivity contribution in [1.82, 2.24) is 5.32 Å². The quantitative estimate of drug-likeness (QED) is 0.392. The molecule has 80 valence electrons. The van der Waals surface area contributed by atoms with Gasteiger partial charge in [0.15, 0.2) is 11.3 Å². The monoisotopic (exact) mass is 201 g/mol. The van der Waals surface area contributed by atoms with Crippen LogP contribution < -0.4 is 16.8 Å². The van der Waals surface area contributed by atoms with Crippen LogP contribution in [-0.2, 0) is 9.59 Å². The molecule has 6 nitrogen and oxygen atoms in total. The Kier molecular flexibility index (Phi) is 3.20. The number of carboxylic acids is 1. The largest absolute Gasteiger partial charge is 0.479 e. The first-order valence-corrected chi connectivity index (χ1v) is 4.52. The van der Waals surface area contributed by atoms with Crippen molar-refractivity contribution in [2.75, 3.05) is 13.1 Å². The number of carboxylic acid groups (broad SMARTS) is 1. The fraction of sp³-hybridized carbons (Fsp3) is 0.750. The number of Topliss-reactive ketones (excluding diaryl/α,β-unsaturated/α-hetero) is 1. The van der Waals surface area contributed by atoms with E-state index in [0.29, 0.717) is 6.42 Å². The highest BCUT2D eigenvalue weighted by Crippen LogP contribution is 2.12. The zero-order chi connectivity index (χ0) is 10.8. The van der Waals surface area contributed by atoms with E-state index < -0.39 is 23.3 Å². The third-order valence-electron chi connectivity index (χ3n) is 2.52. The van der Waals surface area contributed by atoms with E-state index in [0.717, 1.165) is 13.0 Å². The topological polar surface area (TPSA) is 118 Å². The zero-order valence-corrected chi connectivity index (χ0v) is 7.82. The number of hydrogen-bond donors (Lipinski definition) is 4. The first-order chi connectivity index (χ1) is 6.52. The molecular formula is C8H15N3O3. The molecule has 1 unspecified atom stereocenters. The predicted octanol–water partition coefficient (Wildman–Crippen LogP) is -1.95. The highest BCUT2D eigenvalue weighted by molar-refractivity contribution is 6.10. The SMILES string of the molecule is NCC(N)(C(=O)O)C(=O)[C@@H]1CCCN1. The summed E-state index contributed by atoms with van der Waals surface area (Å²) in [6, 6.07) is -0.459. The molecule has 0 amide bonds. The third-order valence-corrected chi connectivity index (χ3v) is 2.52. The van der Waals surface area contributed by atoms with Crippen molar-refractivity contribution in [2.24, 2.45) is 11.5 Å². The predicted molar refractivity (Wildman–Crippen MR) is 49.6 cm³/mol. The molecule has 1 aliphatic heterocycles. The van der Waals surface area contributed by atoms with Gasteiger partial charge in [-0.2, -0.15) is 0 Å². The van der Waals surface area contributed by atoms with Crippen LogP contribution in [-0.4, -0.2) is 41.5 Å². The first-order valence-electron chi connectivity index (χ1n) is 4.52. The van der Waals surface area contributed by atoms with Crippen molar-refractivity contribution in [3.8, 4) is 0 Å². The lowest BCUT2D eigenvalue weighted by molar-refractivity contribution is -0.148. The lowest BCUT2D eigenvalue weighted by atomic mass is 9.90. The number of carbonyl (C=O) groups excluding carboxylic acids is 1. The van der Waals surface area contributed by atoms with Gasteiger partial charge in [-0.1, -0.05) is 0 Å². The Bertz CT molecular complexity index is 250. The van der Waals surface area contributed by atoms with Crippen molar-refractivity contribution in [2.45, 2.75) is 24.4 Å². The van der Waals surface area contributed by atoms with Gasteiger partial charge in [-0.15, -0.1) is 0 Å². The van der Waals surface area contributed by atoms with Crippen LogP contribution in [0, 0.1) is 0 Å². The van der Waals surface area contributed by atoms with Crippen LogP contribution in [0.1, 0.15) is 12.8 Å². The van der Waals surface area contributed by atoms with Gasteiger partial charge in [0, 0.05) is 6.54 Å². The highest BCUT2D eigenvalue weighted by Gasteiger charge is 2.44. The average Bonchev–Trinajstić information content (AvgIpc) is 2.67. The second-order valence-electron chi connectivity index (χ2n) is 3.49. The van der Waals surface area contributed by atoms with Gasteiger partial charge in [-0.25, -0.2) is 4.79 Å². The van der Waals surface area contributed by atoms with E-state index >= 15 is 0 Å². The maximum Gasteiger partial charge on any atom is 0.332 e. The molecule has 0 aromatic heterocycles. The van der Waals surface area contributed by atoms with Crippen molar-refractivity contribution >= 4 is 11.8 Å². The molecule has 1 saturated heterocycles. The highest BCUT2D eigenvalue weighted by atomic mass is 16.4. The van der Waals surface area contributed by atoms with Gasteiger partial charge in [0.05, 0.1) is 6.04 Å². The van der Waals surface area contributed by atoms with Gasteiger partial charge in [0.2, 0.25) is 0 Å². The van der Waals surface area contributed by atoms with E-state index in [9.17, 15) is 9.59 Å². The molecule has 1 heterocycles. The van der Waals surface area contributed by atoms with Crippen LogP contribution in [0.4, 0.5) is 0 Å². The molecular weight excluding hydrogens is 186 g/mol. The lowest BCUT2D eigenvalue weighted by Crippen LogP contribution is -2.64. The smallest absolute Gasteiger partial charge is 0.332 e. The van der Waals surface area contributed by atoms with E-state index in [-0.39, 0.29) is 6.54 Å². The van der Waals surface area contributed by atoms with Gasteiger partial charge < -0.3 is 21.9 Å². The van der Waals surface area contributed by atoms with Gasteiger partial charge in [0.1, 0.15) is 0 Å². The van der Waals surface area contributed by atoms with Crippen LogP contribution in [0.5, 0.6) is 0 Å². The molecule has 1 aliphatic rings. The Balaban J connectivity index is 2.78. The van der Waals surface area contributed by atoms with E-state index in [2.05, 4.69) is 5.32 Å². The summed E-state index contributed by atoms with van der Waals surface area (Å²) >= 11 is 0. The summed E-state index contributed by atoms with van der Waals surface area (Å²) < 4.78 is 0. The fourth-order valence-corrected chi connectivity index (χ4v) is 1.51. The minimum absolute atomic E-state index is 0.376. The van der Waals surface area contributed by atoms with Crippen LogP contribution in [0.3, 0.4) is 0 Å². The first kappa shape index (κ1) is 11.1. The van der Waals surface area contributed by atoms with E-state index in [1.165, 1.54) is 0 Å². The van der Waals surface area contributed by atoms with Crippen LogP contribution in [0.15, 0.2) is 0 Å². The second-order valence-corrected chi connectivity index (χ2v) is 3.49. The summed E-state index contributed by atoms with van der Waals surface area (Å²) in [5, 5.41) is 11.7. The summed E-state index contributed by atoms with van der Waals surface area (Å²) in [5.41, 5.74) is 8.73. The minimum Gasteiger partial charge on any atom is -0.479 e. The second kappa shape index (κ2) is 4.04. The summed E-state index contributed by atoms with van der Waals surface area (Å²) in [6.07, 6.45) is 1.49. The molecule has 0 saturated carbocycles. The van der Waals surface area contributed by atoms with E-state index in [1.807, 2.05) is 0 Å². The zero-order valence-electron chi connectivity index (χ0n) is 7.82. The van der Waals surface area contributed by atoms with Crippen LogP contribution in [0.2, 0.25) is 0 Å². The third kappa shape index (κ3) is 1.77. The van der Waals surface area contributed by atoms with Crippen molar-refractivity contribution in [3.05, 3.63) is 0 Å². The fourth-order valence-electron chi connectivity index (χ4n) is 1.51. The van der Waals surface area contributed by atoms with E-state index in [4.69, 9.17) is 16.6 Å². The molecule has 6 N–H and O–H groups in total. The Hall–Kier alpha value is -0.980. The summed E-state index contributed by atoms with van der Waals surface area (Å²) in [6.45, 7) is 0.343. The number of nitrogens with one attached hydrogen (secondary N) is 1. The van der Waals surface area contributed by atoms with Crippen molar-refractivity contribution < 1.29 is 14.7 Å². The normalized spacial score (nSPS) is 25.7. The van der Waals surface area contributed by atoms with Crippen molar-refractivity contribution in [1.29, 1.82) is 0 Å². The maximum atomic E-state index is 11.7. The number of nitrogens with two attached hydrogens (primary N) is 2. The molecule has 0 aromatic rings. The van der Waals surface area contributed by atoms with Crippen LogP contribution >= 0.6 is 0 Å². The molecule has 0 aliphatic carbocycles. The molecule has 14 heavy (non-hydrogen) atoms. The summed E-state index contributed by atoms with van der Waals surface area (Å²) in [5.74, 6) is -1.89. The number of hydrogen-bond acceptors (Lipinski definition) is 5. The Morgan fingerprint density at radius 2 is 2.21 bits per heavy atom. The van der Waals surface area contributed by atoms with Crippen molar-refractivity contribution in [3.63, 3.8) is 0 Å². The maximum absolute atomic E-state index is 11.7. The van der Waals surface area contributed by atoms with Gasteiger partial charge in [-0.3, -0.25) is 4.79 Å². The molecule has 2 atom stereocenters. The number of aliphatic carboxylic acids is 1. The Morgan fingerprint density at radius 1 is 1.57 bits per heavy atom. The van der Waals surface area contributed by atoms with Gasteiger partial charge in [0.25, 0.3) is 0 Å². The average molecular weight is 201 g/mol. The number of carbonyl (C=O) groups is 2. The molecule has 0 bridgehead atoms. The lowest BCUT2D eigenvalue weighted by Gasteiger charge is -2.24. The van der Waals surface area contributed by atoms with Gasteiger partial charge >= 0.3 is 5.97 Å².